The van der Waals surface area contributed by atoms with E-state index in [0.717, 1.165) is 11.3 Å². The Balaban J connectivity index is 2.38. The van der Waals surface area contributed by atoms with Crippen LogP contribution in [0.15, 0.2) is 34.7 Å². The normalized spacial score (nSPS) is 11.0. The van der Waals surface area contributed by atoms with Crippen LogP contribution in [-0.2, 0) is 0 Å². The van der Waals surface area contributed by atoms with Gasteiger partial charge in [0.05, 0.1) is 11.1 Å². The van der Waals surface area contributed by atoms with Crippen LogP contribution in [0.1, 0.15) is 21.7 Å². The molecule has 21 heavy (non-hydrogen) atoms. The number of nitrogens with zero attached hydrogens (tertiary/aromatic N) is 1. The van der Waals surface area contributed by atoms with E-state index >= 15 is 0 Å². The lowest BCUT2D eigenvalue weighted by Crippen LogP contribution is -2.01. The quantitative estimate of drug-likeness (QED) is 0.759. The van der Waals surface area contributed by atoms with Crippen molar-refractivity contribution in [1.82, 2.24) is 4.98 Å². The highest BCUT2D eigenvalue weighted by molar-refractivity contribution is 6.32. The molecule has 0 radical (unpaired) electrons. The van der Waals surface area contributed by atoms with E-state index in [1.165, 1.54) is 6.07 Å². The molecule has 1 aromatic carbocycles. The van der Waals surface area contributed by atoms with E-state index in [-0.39, 0.29) is 5.56 Å². The first-order chi connectivity index (χ1) is 9.97. The molecule has 0 aliphatic heterocycles. The number of hydrogen-bond donors (Lipinski definition) is 1. The molecule has 0 unspecified atom stereocenters. The molecule has 2 heterocycles. The number of hydrogen-bond acceptors (Lipinski definition) is 3. The second-order valence-electron chi connectivity index (χ2n) is 4.84. The summed E-state index contributed by atoms with van der Waals surface area (Å²) < 4.78 is 5.53. The number of pyridine rings is 1. The van der Waals surface area contributed by atoms with Crippen LogP contribution in [0.25, 0.3) is 22.4 Å². The first kappa shape index (κ1) is 13.6. The van der Waals surface area contributed by atoms with E-state index in [9.17, 15) is 9.90 Å². The summed E-state index contributed by atoms with van der Waals surface area (Å²) in [6.07, 6.45) is 0. The van der Waals surface area contributed by atoms with Crippen molar-refractivity contribution in [2.24, 2.45) is 0 Å². The van der Waals surface area contributed by atoms with Gasteiger partial charge in [0.1, 0.15) is 11.5 Å². The second kappa shape index (κ2) is 4.90. The Morgan fingerprint density at radius 3 is 2.62 bits per heavy atom. The number of carbonyl (C=O) groups is 1. The second-order valence-corrected chi connectivity index (χ2v) is 5.25. The molecule has 0 aliphatic carbocycles. The van der Waals surface area contributed by atoms with Gasteiger partial charge in [0.15, 0.2) is 5.76 Å². The van der Waals surface area contributed by atoms with Crippen molar-refractivity contribution in [3.63, 3.8) is 0 Å². The number of halogens is 1. The van der Waals surface area contributed by atoms with Crippen molar-refractivity contribution in [2.45, 2.75) is 13.8 Å². The number of benzene rings is 1. The highest BCUT2D eigenvalue weighted by atomic mass is 35.5. The average Bonchev–Trinajstić information content (AvgIpc) is 2.88. The van der Waals surface area contributed by atoms with E-state index in [2.05, 4.69) is 4.98 Å². The molecule has 1 N–H and O–H groups in total. The fraction of sp³-hybridized carbons (Fsp3) is 0.125. The maximum absolute atomic E-state index is 11.5. The summed E-state index contributed by atoms with van der Waals surface area (Å²) >= 11 is 6.11. The van der Waals surface area contributed by atoms with Gasteiger partial charge >= 0.3 is 5.97 Å². The number of carboxylic acids is 1. The molecule has 5 heteroatoms. The minimum atomic E-state index is -1.01. The highest BCUT2D eigenvalue weighted by Gasteiger charge is 2.16. The van der Waals surface area contributed by atoms with Crippen molar-refractivity contribution < 1.29 is 14.3 Å². The zero-order valence-corrected chi connectivity index (χ0v) is 12.2. The van der Waals surface area contributed by atoms with Crippen molar-refractivity contribution >= 4 is 28.5 Å². The molecule has 0 spiro atoms. The molecule has 0 saturated carbocycles. The maximum atomic E-state index is 11.5. The molecule has 0 fully saturated rings. The van der Waals surface area contributed by atoms with E-state index in [1.807, 2.05) is 19.9 Å². The standard InChI is InChI=1S/C16H12ClNO3/c1-8-3-6-14(21-8)13-7-11(16(19)20)10-4-5-12(17)9(2)15(10)18-13/h3-7H,1-2H3,(H,19,20). The first-order valence-electron chi connectivity index (χ1n) is 6.37. The largest absolute Gasteiger partial charge is 0.478 e. The molecule has 0 atom stereocenters. The number of rotatable bonds is 2. The molecule has 106 valence electrons. The van der Waals surface area contributed by atoms with Gasteiger partial charge in [0.2, 0.25) is 0 Å². The number of aryl methyl sites for hydroxylation is 2. The van der Waals surface area contributed by atoms with E-state index in [4.69, 9.17) is 16.0 Å². The fourth-order valence-corrected chi connectivity index (χ4v) is 2.43. The third kappa shape index (κ3) is 2.28. The van der Waals surface area contributed by atoms with Crippen LogP contribution in [-0.4, -0.2) is 16.1 Å². The fourth-order valence-electron chi connectivity index (χ4n) is 2.28. The van der Waals surface area contributed by atoms with Crippen LogP contribution in [0.2, 0.25) is 5.02 Å². The van der Waals surface area contributed by atoms with Gasteiger partial charge in [0.25, 0.3) is 0 Å². The zero-order chi connectivity index (χ0) is 15.1. The van der Waals surface area contributed by atoms with Crippen LogP contribution < -0.4 is 0 Å². The average molecular weight is 302 g/mol. The third-order valence-corrected chi connectivity index (χ3v) is 3.80. The predicted molar refractivity (Wildman–Crippen MR) is 80.9 cm³/mol. The summed E-state index contributed by atoms with van der Waals surface area (Å²) in [5.41, 5.74) is 2.00. The summed E-state index contributed by atoms with van der Waals surface area (Å²) in [6, 6.07) is 8.47. The zero-order valence-electron chi connectivity index (χ0n) is 11.5. The molecule has 0 saturated heterocycles. The van der Waals surface area contributed by atoms with Crippen LogP contribution in [0.4, 0.5) is 0 Å². The number of aromatic nitrogens is 1. The predicted octanol–water partition coefficient (Wildman–Crippen LogP) is 4.46. The van der Waals surface area contributed by atoms with Crippen molar-refractivity contribution in [3.05, 3.63) is 52.2 Å². The molecule has 0 bridgehead atoms. The van der Waals surface area contributed by atoms with Gasteiger partial charge < -0.3 is 9.52 Å². The highest BCUT2D eigenvalue weighted by Crippen LogP contribution is 2.30. The van der Waals surface area contributed by atoms with E-state index in [1.54, 1.807) is 18.2 Å². The van der Waals surface area contributed by atoms with Crippen LogP contribution in [0.3, 0.4) is 0 Å². The number of aromatic carboxylic acids is 1. The van der Waals surface area contributed by atoms with Gasteiger partial charge in [-0.15, -0.1) is 0 Å². The van der Waals surface area contributed by atoms with Crippen molar-refractivity contribution in [1.29, 1.82) is 0 Å². The SMILES string of the molecule is Cc1ccc(-c2cc(C(=O)O)c3ccc(Cl)c(C)c3n2)o1. The Bertz CT molecular complexity index is 867. The van der Waals surface area contributed by atoms with Crippen LogP contribution >= 0.6 is 11.6 Å². The number of carboxylic acid groups (broad SMARTS) is 1. The summed E-state index contributed by atoms with van der Waals surface area (Å²) in [6.45, 7) is 3.64. The summed E-state index contributed by atoms with van der Waals surface area (Å²) in [4.78, 5) is 16.0. The van der Waals surface area contributed by atoms with Gasteiger partial charge in [-0.05, 0) is 43.7 Å². The van der Waals surface area contributed by atoms with Gasteiger partial charge in [-0.2, -0.15) is 0 Å². The lowest BCUT2D eigenvalue weighted by molar-refractivity contribution is 0.0699. The lowest BCUT2D eigenvalue weighted by atomic mass is 10.0. The summed E-state index contributed by atoms with van der Waals surface area (Å²) in [5, 5.41) is 10.5. The van der Waals surface area contributed by atoms with Gasteiger partial charge in [-0.3, -0.25) is 0 Å². The van der Waals surface area contributed by atoms with Gasteiger partial charge in [-0.1, -0.05) is 17.7 Å². The Hall–Kier alpha value is -2.33. The molecular formula is C16H12ClNO3. The van der Waals surface area contributed by atoms with E-state index in [0.29, 0.717) is 27.4 Å². The molecule has 0 amide bonds. The van der Waals surface area contributed by atoms with Crippen molar-refractivity contribution in [3.8, 4) is 11.5 Å². The van der Waals surface area contributed by atoms with E-state index < -0.39 is 5.97 Å². The molecule has 0 aliphatic rings. The van der Waals surface area contributed by atoms with Crippen molar-refractivity contribution in [2.75, 3.05) is 0 Å². The number of fused-ring (bicyclic) bond motifs is 1. The Labute approximate surface area is 126 Å². The topological polar surface area (TPSA) is 63.3 Å². The molecule has 2 aromatic heterocycles. The minimum Gasteiger partial charge on any atom is -0.478 e. The Morgan fingerprint density at radius 2 is 2.00 bits per heavy atom. The smallest absolute Gasteiger partial charge is 0.336 e. The summed E-state index contributed by atoms with van der Waals surface area (Å²) in [7, 11) is 0. The summed E-state index contributed by atoms with van der Waals surface area (Å²) in [5.74, 6) is 0.275. The van der Waals surface area contributed by atoms with Gasteiger partial charge in [0, 0.05) is 10.4 Å². The lowest BCUT2D eigenvalue weighted by Gasteiger charge is -2.08. The third-order valence-electron chi connectivity index (χ3n) is 3.39. The minimum absolute atomic E-state index is 0.184. The Morgan fingerprint density at radius 1 is 1.24 bits per heavy atom. The van der Waals surface area contributed by atoms with Crippen LogP contribution in [0.5, 0.6) is 0 Å². The molecule has 3 rings (SSSR count). The molecule has 3 aromatic rings. The van der Waals surface area contributed by atoms with Gasteiger partial charge in [-0.25, -0.2) is 9.78 Å². The number of furan rings is 1. The molecular weight excluding hydrogens is 290 g/mol. The van der Waals surface area contributed by atoms with Crippen LogP contribution in [0, 0.1) is 13.8 Å². The first-order valence-corrected chi connectivity index (χ1v) is 6.75. The Kier molecular flexibility index (Phi) is 3.18. The maximum Gasteiger partial charge on any atom is 0.336 e. The monoisotopic (exact) mass is 301 g/mol. The molecule has 4 nitrogen and oxygen atoms in total.